The zero-order valence-corrected chi connectivity index (χ0v) is 15.7. The summed E-state index contributed by atoms with van der Waals surface area (Å²) in [5.41, 5.74) is 3.65. The molecule has 0 unspecified atom stereocenters. The van der Waals surface area contributed by atoms with Crippen LogP contribution in [0.5, 0.6) is 5.75 Å². The summed E-state index contributed by atoms with van der Waals surface area (Å²) in [6.45, 7) is 0.324. The van der Waals surface area contributed by atoms with Gasteiger partial charge in [-0.05, 0) is 48.0 Å². The minimum Gasteiger partial charge on any atom is -0.497 e. The first-order valence-electron chi connectivity index (χ1n) is 9.03. The normalized spacial score (nSPS) is 10.7. The van der Waals surface area contributed by atoms with Crippen LogP contribution < -0.4 is 15.4 Å². The minimum absolute atomic E-state index is 0.324. The van der Waals surface area contributed by atoms with Gasteiger partial charge in [0, 0.05) is 35.4 Å². The van der Waals surface area contributed by atoms with Gasteiger partial charge in [-0.3, -0.25) is 4.98 Å². The van der Waals surface area contributed by atoms with Crippen LogP contribution in [-0.2, 0) is 6.54 Å². The number of H-pyrrole nitrogens is 1. The zero-order chi connectivity index (χ0) is 20.2. The summed E-state index contributed by atoms with van der Waals surface area (Å²) in [6.07, 6.45) is 3.32. The van der Waals surface area contributed by atoms with Gasteiger partial charge in [-0.2, -0.15) is 0 Å². The Hall–Kier alpha value is -3.87. The molecule has 0 aliphatic carbocycles. The van der Waals surface area contributed by atoms with Gasteiger partial charge in [0.1, 0.15) is 11.6 Å². The molecule has 4 aromatic rings. The van der Waals surface area contributed by atoms with Crippen molar-refractivity contribution < 1.29 is 13.9 Å². The third kappa shape index (κ3) is 4.03. The van der Waals surface area contributed by atoms with Crippen LogP contribution in [0, 0.1) is 5.82 Å². The number of carbonyl (C=O) groups is 1. The van der Waals surface area contributed by atoms with Crippen molar-refractivity contribution in [1.82, 2.24) is 15.3 Å². The van der Waals surface area contributed by atoms with Crippen LogP contribution in [0.15, 0.2) is 67.0 Å². The molecule has 0 bridgehead atoms. The highest BCUT2D eigenvalue weighted by atomic mass is 19.1. The molecule has 2 heterocycles. The van der Waals surface area contributed by atoms with E-state index >= 15 is 0 Å². The number of benzene rings is 2. The summed E-state index contributed by atoms with van der Waals surface area (Å²) >= 11 is 0. The van der Waals surface area contributed by atoms with Crippen LogP contribution in [0.1, 0.15) is 5.56 Å². The molecule has 146 valence electrons. The molecule has 29 heavy (non-hydrogen) atoms. The first-order chi connectivity index (χ1) is 14.1. The summed E-state index contributed by atoms with van der Waals surface area (Å²) in [5.74, 6) is 0.342. The Morgan fingerprint density at radius 3 is 2.76 bits per heavy atom. The molecule has 0 radical (unpaired) electrons. The molecule has 0 atom stereocenters. The molecule has 2 aromatic heterocycles. The Morgan fingerprint density at radius 2 is 1.97 bits per heavy atom. The number of fused-ring (bicyclic) bond motifs is 1. The Balaban J connectivity index is 1.60. The molecule has 0 fully saturated rings. The number of aromatic nitrogens is 2. The van der Waals surface area contributed by atoms with E-state index in [1.807, 2.05) is 36.4 Å². The lowest BCUT2D eigenvalue weighted by Crippen LogP contribution is -2.28. The lowest BCUT2D eigenvalue weighted by atomic mass is 10.1. The molecular weight excluding hydrogens is 371 g/mol. The fourth-order valence-corrected chi connectivity index (χ4v) is 3.15. The summed E-state index contributed by atoms with van der Waals surface area (Å²) in [7, 11) is 1.59. The molecule has 3 N–H and O–H groups in total. The van der Waals surface area contributed by atoms with Crippen LogP contribution in [0.4, 0.5) is 14.9 Å². The van der Waals surface area contributed by atoms with Crippen LogP contribution >= 0.6 is 0 Å². The van der Waals surface area contributed by atoms with E-state index in [-0.39, 0.29) is 5.82 Å². The summed E-state index contributed by atoms with van der Waals surface area (Å²) < 4.78 is 19.0. The van der Waals surface area contributed by atoms with Gasteiger partial charge in [-0.25, -0.2) is 9.18 Å². The molecule has 0 aliphatic heterocycles. The molecule has 0 saturated carbocycles. The number of hydrogen-bond acceptors (Lipinski definition) is 3. The Labute approximate surface area is 166 Å². The van der Waals surface area contributed by atoms with Gasteiger partial charge in [-0.15, -0.1) is 0 Å². The smallest absolute Gasteiger partial charge is 0.319 e. The second-order valence-corrected chi connectivity index (χ2v) is 6.46. The number of nitrogens with zero attached hydrogens (tertiary/aromatic N) is 1. The number of pyridine rings is 1. The number of methoxy groups -OCH3 is 1. The van der Waals surface area contributed by atoms with Gasteiger partial charge in [0.05, 0.1) is 18.5 Å². The van der Waals surface area contributed by atoms with E-state index in [9.17, 15) is 9.18 Å². The molecule has 2 amide bonds. The Bertz CT molecular complexity index is 1160. The molecule has 4 rings (SSSR count). The second kappa shape index (κ2) is 8.02. The van der Waals surface area contributed by atoms with E-state index in [1.54, 1.807) is 25.6 Å². The van der Waals surface area contributed by atoms with Crippen molar-refractivity contribution in [3.8, 4) is 17.0 Å². The largest absolute Gasteiger partial charge is 0.497 e. The van der Waals surface area contributed by atoms with E-state index in [0.717, 1.165) is 22.4 Å². The van der Waals surface area contributed by atoms with E-state index in [1.165, 1.54) is 12.1 Å². The first-order valence-corrected chi connectivity index (χ1v) is 9.03. The average Bonchev–Trinajstić information content (AvgIpc) is 3.10. The van der Waals surface area contributed by atoms with E-state index in [0.29, 0.717) is 23.3 Å². The number of aromatic amines is 1. The van der Waals surface area contributed by atoms with Crippen LogP contribution in [0.3, 0.4) is 0 Å². The Morgan fingerprint density at radius 1 is 1.14 bits per heavy atom. The van der Waals surface area contributed by atoms with Gasteiger partial charge in [0.2, 0.25) is 0 Å². The number of hydrogen-bond donors (Lipinski definition) is 3. The predicted molar refractivity (Wildman–Crippen MR) is 110 cm³/mol. The van der Waals surface area contributed by atoms with Crippen molar-refractivity contribution in [2.45, 2.75) is 6.54 Å². The highest BCUT2D eigenvalue weighted by Crippen LogP contribution is 2.35. The molecule has 0 spiro atoms. The molecule has 6 nitrogen and oxygen atoms in total. The van der Waals surface area contributed by atoms with Crippen LogP contribution in [-0.4, -0.2) is 23.1 Å². The SMILES string of the molecule is COc1cccc(CNC(=O)Nc2c(-c3ccncc3)[nH]c3ccc(F)cc23)c1. The number of rotatable bonds is 5. The maximum absolute atomic E-state index is 13.8. The zero-order valence-electron chi connectivity index (χ0n) is 15.7. The lowest BCUT2D eigenvalue weighted by Gasteiger charge is -2.10. The van der Waals surface area contributed by atoms with Gasteiger partial charge in [-0.1, -0.05) is 12.1 Å². The number of halogens is 1. The highest BCUT2D eigenvalue weighted by Gasteiger charge is 2.16. The van der Waals surface area contributed by atoms with Crippen molar-refractivity contribution in [2.75, 3.05) is 12.4 Å². The molecular formula is C22H19FN4O2. The van der Waals surface area contributed by atoms with E-state index < -0.39 is 6.03 Å². The number of anilines is 1. The van der Waals surface area contributed by atoms with E-state index in [2.05, 4.69) is 20.6 Å². The number of ether oxygens (including phenoxy) is 1. The molecule has 7 heteroatoms. The van der Waals surface area contributed by atoms with Crippen molar-refractivity contribution in [1.29, 1.82) is 0 Å². The Kier molecular flexibility index (Phi) is 5.11. The highest BCUT2D eigenvalue weighted by molar-refractivity contribution is 6.07. The lowest BCUT2D eigenvalue weighted by molar-refractivity contribution is 0.251. The van der Waals surface area contributed by atoms with Crippen molar-refractivity contribution in [2.24, 2.45) is 0 Å². The fraction of sp³-hybridized carbons (Fsp3) is 0.0909. The minimum atomic E-state index is -0.395. The van der Waals surface area contributed by atoms with Crippen molar-refractivity contribution in [3.63, 3.8) is 0 Å². The topological polar surface area (TPSA) is 79.0 Å². The molecule has 2 aromatic carbocycles. The van der Waals surface area contributed by atoms with Crippen LogP contribution in [0.25, 0.3) is 22.2 Å². The standard InChI is InChI=1S/C22H19FN4O2/c1-29-17-4-2-3-14(11-17)13-25-22(28)27-21-18-12-16(23)5-6-19(18)26-20(21)15-7-9-24-10-8-15/h2-12,26H,13H2,1H3,(H2,25,27,28). The quantitative estimate of drug-likeness (QED) is 0.462. The third-order valence-corrected chi connectivity index (χ3v) is 4.56. The summed E-state index contributed by atoms with van der Waals surface area (Å²) in [5, 5.41) is 6.27. The number of amides is 2. The van der Waals surface area contributed by atoms with Gasteiger partial charge in [0.15, 0.2) is 0 Å². The predicted octanol–water partition coefficient (Wildman–Crippen LogP) is 4.70. The number of urea groups is 1. The van der Waals surface area contributed by atoms with E-state index in [4.69, 9.17) is 4.74 Å². The third-order valence-electron chi connectivity index (χ3n) is 4.56. The van der Waals surface area contributed by atoms with Gasteiger partial charge >= 0.3 is 6.03 Å². The molecule has 0 aliphatic rings. The van der Waals surface area contributed by atoms with Crippen molar-refractivity contribution >= 4 is 22.6 Å². The fourth-order valence-electron chi connectivity index (χ4n) is 3.15. The molecule has 0 saturated heterocycles. The number of carbonyl (C=O) groups excluding carboxylic acids is 1. The average molecular weight is 390 g/mol. The summed E-state index contributed by atoms with van der Waals surface area (Å²) in [4.78, 5) is 19.8. The van der Waals surface area contributed by atoms with Gasteiger partial charge < -0.3 is 20.4 Å². The van der Waals surface area contributed by atoms with Gasteiger partial charge in [0.25, 0.3) is 0 Å². The van der Waals surface area contributed by atoms with Crippen molar-refractivity contribution in [3.05, 3.63) is 78.4 Å². The monoisotopic (exact) mass is 390 g/mol. The van der Waals surface area contributed by atoms with Crippen LogP contribution in [0.2, 0.25) is 0 Å². The summed E-state index contributed by atoms with van der Waals surface area (Å²) in [6, 6.07) is 15.1. The maximum atomic E-state index is 13.8. The second-order valence-electron chi connectivity index (χ2n) is 6.46. The first kappa shape index (κ1) is 18.5. The number of nitrogens with one attached hydrogen (secondary N) is 3. The maximum Gasteiger partial charge on any atom is 0.319 e.